The van der Waals surface area contributed by atoms with E-state index in [0.29, 0.717) is 23.5 Å². The molecular weight excluding hydrogens is 232 g/mol. The molecule has 3 atom stereocenters. The van der Waals surface area contributed by atoms with Gasteiger partial charge in [-0.05, 0) is 29.7 Å². The zero-order valence-electron chi connectivity index (χ0n) is 10.2. The third-order valence-corrected chi connectivity index (χ3v) is 4.73. The van der Waals surface area contributed by atoms with Crippen LogP contribution in [0.3, 0.4) is 0 Å². The van der Waals surface area contributed by atoms with Crippen molar-refractivity contribution >= 4 is 10.7 Å². The second-order valence-electron chi connectivity index (χ2n) is 5.10. The summed E-state index contributed by atoms with van der Waals surface area (Å²) < 4.78 is 22.1. The van der Waals surface area contributed by atoms with Crippen LogP contribution in [0.2, 0.25) is 0 Å². The lowest BCUT2D eigenvalue weighted by Gasteiger charge is -2.35. The van der Waals surface area contributed by atoms with E-state index in [0.717, 1.165) is 12.8 Å². The van der Waals surface area contributed by atoms with Gasteiger partial charge in [0.25, 0.3) is 0 Å². The first kappa shape index (κ1) is 12.6. The van der Waals surface area contributed by atoms with Gasteiger partial charge < -0.3 is 0 Å². The van der Waals surface area contributed by atoms with Crippen molar-refractivity contribution in [3.8, 4) is 0 Å². The Balaban J connectivity index is 2.23. The molecule has 0 bridgehead atoms. The number of benzene rings is 1. The van der Waals surface area contributed by atoms with E-state index in [1.165, 1.54) is 12.0 Å². The molecular formula is C14H20O2S. The fraction of sp³-hybridized carbons (Fsp3) is 0.571. The summed E-state index contributed by atoms with van der Waals surface area (Å²) in [5.41, 5.74) is 1.31. The Labute approximate surface area is 105 Å². The van der Waals surface area contributed by atoms with Crippen molar-refractivity contribution < 1.29 is 8.42 Å². The Morgan fingerprint density at radius 1 is 1.18 bits per heavy atom. The summed E-state index contributed by atoms with van der Waals surface area (Å²) in [5, 5.41) is 0. The van der Waals surface area contributed by atoms with Crippen LogP contribution in [0.4, 0.5) is 0 Å². The van der Waals surface area contributed by atoms with Crippen molar-refractivity contribution in [2.45, 2.75) is 32.1 Å². The van der Waals surface area contributed by atoms with Gasteiger partial charge in [-0.3, -0.25) is 0 Å². The first-order chi connectivity index (χ1) is 8.18. The first-order valence-corrected chi connectivity index (χ1v) is 7.71. The maximum absolute atomic E-state index is 11.0. The lowest BCUT2D eigenvalue weighted by Crippen LogP contribution is -2.28. The van der Waals surface area contributed by atoms with Gasteiger partial charge in [-0.25, -0.2) is 8.42 Å². The molecule has 0 amide bonds. The molecule has 1 aromatic carbocycles. The second kappa shape index (κ2) is 5.67. The molecule has 3 heteroatoms. The molecule has 0 spiro atoms. The normalized spacial score (nSPS) is 29.4. The van der Waals surface area contributed by atoms with Crippen molar-refractivity contribution in [1.29, 1.82) is 0 Å². The highest BCUT2D eigenvalue weighted by molar-refractivity contribution is 7.72. The summed E-state index contributed by atoms with van der Waals surface area (Å²) in [6.45, 7) is 2.19. The minimum absolute atomic E-state index is 0.298. The Hall–Kier alpha value is -0.830. The van der Waals surface area contributed by atoms with Gasteiger partial charge in [-0.2, -0.15) is 0 Å². The molecule has 1 fully saturated rings. The van der Waals surface area contributed by atoms with Gasteiger partial charge in [0.05, 0.1) is 5.75 Å². The van der Waals surface area contributed by atoms with E-state index in [1.54, 1.807) is 0 Å². The molecule has 2 nitrogen and oxygen atoms in total. The number of hydrogen-bond donors (Lipinski definition) is 1. The predicted octanol–water partition coefficient (Wildman–Crippen LogP) is 2.82. The topological polar surface area (TPSA) is 34.1 Å². The fourth-order valence-corrected chi connectivity index (χ4v) is 4.04. The molecule has 3 unspecified atom stereocenters. The number of thiol groups is 1. The van der Waals surface area contributed by atoms with Crippen LogP contribution in [-0.2, 0) is 10.7 Å². The summed E-state index contributed by atoms with van der Waals surface area (Å²) >= 11 is 0. The molecule has 1 aromatic rings. The molecule has 0 aliphatic heterocycles. The van der Waals surface area contributed by atoms with Gasteiger partial charge in [0.15, 0.2) is 0 Å². The van der Waals surface area contributed by atoms with E-state index >= 15 is 0 Å². The highest BCUT2D eigenvalue weighted by Crippen LogP contribution is 2.41. The second-order valence-corrected chi connectivity index (χ2v) is 6.14. The third-order valence-electron chi connectivity index (χ3n) is 4.01. The van der Waals surface area contributed by atoms with Crippen molar-refractivity contribution in [1.82, 2.24) is 0 Å². The fourth-order valence-electron chi connectivity index (χ4n) is 3.08. The van der Waals surface area contributed by atoms with Crippen molar-refractivity contribution in [2.24, 2.45) is 11.8 Å². The molecule has 0 saturated heterocycles. The molecule has 0 aromatic heterocycles. The van der Waals surface area contributed by atoms with E-state index in [1.807, 2.05) is 18.2 Å². The van der Waals surface area contributed by atoms with Crippen LogP contribution >= 0.6 is 0 Å². The van der Waals surface area contributed by atoms with Crippen molar-refractivity contribution in [2.75, 3.05) is 5.75 Å². The SMILES string of the molecule is CC1CCCC(c2ccccc2)C1C[SH](=O)=O. The largest absolute Gasteiger partial charge is 0.232 e. The molecule has 17 heavy (non-hydrogen) atoms. The Morgan fingerprint density at radius 2 is 1.88 bits per heavy atom. The van der Waals surface area contributed by atoms with Gasteiger partial charge in [0.2, 0.25) is 0 Å². The molecule has 0 N–H and O–H groups in total. The average Bonchev–Trinajstić information content (AvgIpc) is 2.32. The molecule has 0 radical (unpaired) electrons. The van der Waals surface area contributed by atoms with Gasteiger partial charge >= 0.3 is 0 Å². The standard InChI is InChI=1S/C14H20O2S/c1-11-6-5-9-13(14(11)10-17(15)16)12-7-3-2-4-8-12/h2-4,7-8,11,13-14,17H,5-6,9-10H2,1H3. The summed E-state index contributed by atoms with van der Waals surface area (Å²) in [7, 11) is -2.27. The molecule has 1 aliphatic carbocycles. The molecule has 1 saturated carbocycles. The van der Waals surface area contributed by atoms with Crippen LogP contribution in [0.5, 0.6) is 0 Å². The van der Waals surface area contributed by atoms with Gasteiger partial charge in [0.1, 0.15) is 10.7 Å². The molecule has 1 aliphatic rings. The van der Waals surface area contributed by atoms with Crippen LogP contribution in [0.25, 0.3) is 0 Å². The maximum Gasteiger partial charge on any atom is 0.140 e. The van der Waals surface area contributed by atoms with Gasteiger partial charge in [-0.1, -0.05) is 50.1 Å². The van der Waals surface area contributed by atoms with Crippen LogP contribution in [0, 0.1) is 11.8 Å². The lowest BCUT2D eigenvalue weighted by atomic mass is 9.71. The molecule has 94 valence electrons. The van der Waals surface area contributed by atoms with E-state index in [4.69, 9.17) is 0 Å². The highest BCUT2D eigenvalue weighted by atomic mass is 32.2. The van der Waals surface area contributed by atoms with Crippen molar-refractivity contribution in [3.05, 3.63) is 35.9 Å². The van der Waals surface area contributed by atoms with Gasteiger partial charge in [0, 0.05) is 0 Å². The molecule has 0 heterocycles. The summed E-state index contributed by atoms with van der Waals surface area (Å²) in [6, 6.07) is 10.4. The summed E-state index contributed by atoms with van der Waals surface area (Å²) in [5.74, 6) is 1.58. The number of hydrogen-bond acceptors (Lipinski definition) is 2. The Kier molecular flexibility index (Phi) is 4.21. The van der Waals surface area contributed by atoms with E-state index < -0.39 is 10.7 Å². The zero-order valence-corrected chi connectivity index (χ0v) is 11.1. The third kappa shape index (κ3) is 3.09. The van der Waals surface area contributed by atoms with E-state index in [2.05, 4.69) is 19.1 Å². The van der Waals surface area contributed by atoms with E-state index in [-0.39, 0.29) is 0 Å². The van der Waals surface area contributed by atoms with Crippen LogP contribution in [-0.4, -0.2) is 14.2 Å². The number of rotatable bonds is 3. The van der Waals surface area contributed by atoms with Gasteiger partial charge in [-0.15, -0.1) is 0 Å². The minimum atomic E-state index is -2.27. The summed E-state index contributed by atoms with van der Waals surface area (Å²) in [4.78, 5) is 0. The monoisotopic (exact) mass is 252 g/mol. The van der Waals surface area contributed by atoms with Crippen LogP contribution in [0.1, 0.15) is 37.7 Å². The molecule has 2 rings (SSSR count). The Morgan fingerprint density at radius 3 is 2.53 bits per heavy atom. The van der Waals surface area contributed by atoms with E-state index in [9.17, 15) is 8.42 Å². The Bertz CT molecular complexity index is 417. The maximum atomic E-state index is 11.0. The first-order valence-electron chi connectivity index (χ1n) is 6.35. The quantitative estimate of drug-likeness (QED) is 0.839. The predicted molar refractivity (Wildman–Crippen MR) is 70.9 cm³/mol. The van der Waals surface area contributed by atoms with Crippen molar-refractivity contribution in [3.63, 3.8) is 0 Å². The van der Waals surface area contributed by atoms with Crippen LogP contribution < -0.4 is 0 Å². The minimum Gasteiger partial charge on any atom is -0.232 e. The van der Waals surface area contributed by atoms with Crippen LogP contribution in [0.15, 0.2) is 30.3 Å². The lowest BCUT2D eigenvalue weighted by molar-refractivity contribution is 0.241. The highest BCUT2D eigenvalue weighted by Gasteiger charge is 2.31. The average molecular weight is 252 g/mol. The smallest absolute Gasteiger partial charge is 0.140 e. The zero-order chi connectivity index (χ0) is 12.3. The summed E-state index contributed by atoms with van der Waals surface area (Å²) in [6.07, 6.45) is 3.51.